The van der Waals surface area contributed by atoms with Crippen LogP contribution in [0.3, 0.4) is 0 Å². The zero-order chi connectivity index (χ0) is 21.5. The number of carbonyl (C=O) groups excluding carboxylic acids is 1. The smallest absolute Gasteiger partial charge is 0.230 e. The Morgan fingerprint density at radius 2 is 1.90 bits per heavy atom. The first-order valence-corrected chi connectivity index (χ1v) is 12.4. The Balaban J connectivity index is 1.10. The maximum Gasteiger partial charge on any atom is 0.230 e. The van der Waals surface area contributed by atoms with Gasteiger partial charge in [-0.05, 0) is 49.4 Å². The number of nitrogens with zero attached hydrogens (tertiary/aromatic N) is 3. The molecule has 0 spiro atoms. The van der Waals surface area contributed by atoms with Crippen LogP contribution in [0.25, 0.3) is 10.2 Å². The van der Waals surface area contributed by atoms with Crippen LogP contribution in [0.2, 0.25) is 0 Å². The highest BCUT2D eigenvalue weighted by Crippen LogP contribution is 2.29. The summed E-state index contributed by atoms with van der Waals surface area (Å²) in [6, 6.07) is 16.3. The van der Waals surface area contributed by atoms with Gasteiger partial charge in [0.05, 0.1) is 23.1 Å². The van der Waals surface area contributed by atoms with Crippen molar-refractivity contribution >= 4 is 44.9 Å². The fourth-order valence-electron chi connectivity index (χ4n) is 3.64. The maximum atomic E-state index is 12.1. The molecule has 0 bridgehead atoms. The summed E-state index contributed by atoms with van der Waals surface area (Å²) in [5, 5.41) is 3.04. The molecule has 1 N–H and O–H groups in total. The van der Waals surface area contributed by atoms with Gasteiger partial charge < -0.3 is 15.0 Å². The van der Waals surface area contributed by atoms with Gasteiger partial charge in [0.25, 0.3) is 0 Å². The average Bonchev–Trinajstić information content (AvgIpc) is 3.24. The van der Waals surface area contributed by atoms with Gasteiger partial charge in [0.1, 0.15) is 5.75 Å². The summed E-state index contributed by atoms with van der Waals surface area (Å²) in [6.45, 7) is 5.88. The highest BCUT2D eigenvalue weighted by Gasteiger charge is 2.17. The van der Waals surface area contributed by atoms with Gasteiger partial charge in [0.15, 0.2) is 4.34 Å². The van der Waals surface area contributed by atoms with Crippen LogP contribution in [0.4, 0.5) is 5.69 Å². The monoisotopic (exact) mass is 456 g/mol. The van der Waals surface area contributed by atoms with E-state index in [1.54, 1.807) is 18.4 Å². The largest absolute Gasteiger partial charge is 0.497 e. The number of piperazine rings is 1. The first-order valence-electron chi connectivity index (χ1n) is 10.6. The van der Waals surface area contributed by atoms with Gasteiger partial charge in [-0.1, -0.05) is 23.9 Å². The number of nitrogens with one attached hydrogen (secondary N) is 1. The first-order chi connectivity index (χ1) is 15.2. The molecule has 164 valence electrons. The number of amides is 1. The lowest BCUT2D eigenvalue weighted by Crippen LogP contribution is -2.47. The summed E-state index contributed by atoms with van der Waals surface area (Å²) >= 11 is 3.15. The topological polar surface area (TPSA) is 57.7 Å². The van der Waals surface area contributed by atoms with E-state index < -0.39 is 0 Å². The predicted octanol–water partition coefficient (Wildman–Crippen LogP) is 3.73. The lowest BCUT2D eigenvalue weighted by molar-refractivity contribution is -0.118. The van der Waals surface area contributed by atoms with Gasteiger partial charge in [0, 0.05) is 38.4 Å². The van der Waals surface area contributed by atoms with Crippen molar-refractivity contribution in [2.75, 3.05) is 57.0 Å². The normalized spacial score (nSPS) is 14.7. The SMILES string of the molecule is COc1ccc(N2CCN(CCCNC(=O)CSc3nc4ccccc4s3)CC2)cc1. The number of carbonyl (C=O) groups is 1. The summed E-state index contributed by atoms with van der Waals surface area (Å²) < 4.78 is 7.35. The highest BCUT2D eigenvalue weighted by molar-refractivity contribution is 8.01. The van der Waals surface area contributed by atoms with E-state index >= 15 is 0 Å². The van der Waals surface area contributed by atoms with Crippen molar-refractivity contribution in [1.29, 1.82) is 0 Å². The van der Waals surface area contributed by atoms with Gasteiger partial charge in [-0.15, -0.1) is 11.3 Å². The number of thiazole rings is 1. The van der Waals surface area contributed by atoms with E-state index in [0.29, 0.717) is 5.75 Å². The van der Waals surface area contributed by atoms with E-state index in [0.717, 1.165) is 66.0 Å². The van der Waals surface area contributed by atoms with E-state index in [9.17, 15) is 4.79 Å². The average molecular weight is 457 g/mol. The summed E-state index contributed by atoms with van der Waals surface area (Å²) in [7, 11) is 1.69. The van der Waals surface area contributed by atoms with Gasteiger partial charge in [-0.2, -0.15) is 0 Å². The molecule has 2 aromatic carbocycles. The Morgan fingerprint density at radius 3 is 2.65 bits per heavy atom. The number of para-hydroxylation sites is 1. The third-order valence-corrected chi connectivity index (χ3v) is 7.56. The lowest BCUT2D eigenvalue weighted by Gasteiger charge is -2.36. The number of anilines is 1. The second kappa shape index (κ2) is 10.8. The van der Waals surface area contributed by atoms with E-state index in [-0.39, 0.29) is 5.91 Å². The van der Waals surface area contributed by atoms with Crippen LogP contribution in [0.1, 0.15) is 6.42 Å². The number of methoxy groups -OCH3 is 1. The zero-order valence-corrected chi connectivity index (χ0v) is 19.4. The molecule has 8 heteroatoms. The Morgan fingerprint density at radius 1 is 1.13 bits per heavy atom. The summed E-state index contributed by atoms with van der Waals surface area (Å²) in [5.74, 6) is 1.39. The molecule has 1 amide bonds. The van der Waals surface area contributed by atoms with Gasteiger partial charge in [-0.3, -0.25) is 9.69 Å². The summed E-state index contributed by atoms with van der Waals surface area (Å²) in [5.41, 5.74) is 2.25. The third kappa shape index (κ3) is 6.12. The predicted molar refractivity (Wildman–Crippen MR) is 130 cm³/mol. The van der Waals surface area contributed by atoms with Crippen LogP contribution in [0.15, 0.2) is 52.9 Å². The van der Waals surface area contributed by atoms with E-state index in [1.165, 1.54) is 17.4 Å². The standard InChI is InChI=1S/C23H28N4O2S2/c1-29-19-9-7-18(8-10-19)27-15-13-26(14-16-27)12-4-11-24-22(28)17-30-23-25-20-5-2-3-6-21(20)31-23/h2-3,5-10H,4,11-17H2,1H3,(H,24,28). The molecule has 3 aromatic rings. The number of ether oxygens (including phenoxy) is 1. The minimum absolute atomic E-state index is 0.0774. The first kappa shape index (κ1) is 21.9. The number of aromatic nitrogens is 1. The molecule has 1 aromatic heterocycles. The van der Waals surface area contributed by atoms with Crippen molar-refractivity contribution in [3.63, 3.8) is 0 Å². The Hall–Kier alpha value is -2.29. The number of rotatable bonds is 9. The minimum atomic E-state index is 0.0774. The molecular formula is C23H28N4O2S2. The fourth-order valence-corrected chi connectivity index (χ4v) is 5.54. The molecule has 2 heterocycles. The molecule has 31 heavy (non-hydrogen) atoms. The van der Waals surface area contributed by atoms with E-state index in [2.05, 4.69) is 38.3 Å². The molecule has 1 aliphatic rings. The molecule has 0 radical (unpaired) electrons. The molecule has 4 rings (SSSR count). The second-order valence-corrected chi connectivity index (χ2v) is 9.72. The van der Waals surface area contributed by atoms with Crippen molar-refractivity contribution in [1.82, 2.24) is 15.2 Å². The molecule has 1 aliphatic heterocycles. The van der Waals surface area contributed by atoms with Crippen LogP contribution >= 0.6 is 23.1 Å². The van der Waals surface area contributed by atoms with Gasteiger partial charge >= 0.3 is 0 Å². The van der Waals surface area contributed by atoms with Gasteiger partial charge in [-0.25, -0.2) is 4.98 Å². The van der Waals surface area contributed by atoms with Crippen molar-refractivity contribution in [3.05, 3.63) is 48.5 Å². The molecule has 1 saturated heterocycles. The Labute approximate surface area is 191 Å². The van der Waals surface area contributed by atoms with E-state index in [4.69, 9.17) is 4.74 Å². The summed E-state index contributed by atoms with van der Waals surface area (Å²) in [6.07, 6.45) is 0.972. The second-order valence-electron chi connectivity index (χ2n) is 7.47. The number of hydrogen-bond donors (Lipinski definition) is 1. The Kier molecular flexibility index (Phi) is 7.66. The van der Waals surface area contributed by atoms with Gasteiger partial charge in [0.2, 0.25) is 5.91 Å². The van der Waals surface area contributed by atoms with Crippen molar-refractivity contribution in [3.8, 4) is 5.75 Å². The van der Waals surface area contributed by atoms with Crippen molar-refractivity contribution in [2.45, 2.75) is 10.8 Å². The minimum Gasteiger partial charge on any atom is -0.497 e. The quantitative estimate of drug-likeness (QED) is 0.391. The summed E-state index contributed by atoms with van der Waals surface area (Å²) in [4.78, 5) is 21.6. The van der Waals surface area contributed by atoms with Crippen LogP contribution in [-0.4, -0.2) is 67.9 Å². The molecule has 0 unspecified atom stereocenters. The maximum absolute atomic E-state index is 12.1. The lowest BCUT2D eigenvalue weighted by atomic mass is 10.2. The fraction of sp³-hybridized carbons (Fsp3) is 0.391. The third-order valence-electron chi connectivity index (χ3n) is 5.38. The number of thioether (sulfide) groups is 1. The molecule has 6 nitrogen and oxygen atoms in total. The number of benzene rings is 2. The Bertz CT molecular complexity index is 952. The van der Waals surface area contributed by atoms with Crippen LogP contribution in [0.5, 0.6) is 5.75 Å². The van der Waals surface area contributed by atoms with Crippen molar-refractivity contribution < 1.29 is 9.53 Å². The van der Waals surface area contributed by atoms with Crippen molar-refractivity contribution in [2.24, 2.45) is 0 Å². The van der Waals surface area contributed by atoms with Crippen LogP contribution in [-0.2, 0) is 4.79 Å². The molecule has 1 fully saturated rings. The molecule has 0 atom stereocenters. The molecule has 0 saturated carbocycles. The van der Waals surface area contributed by atoms with Crippen LogP contribution < -0.4 is 15.0 Å². The zero-order valence-electron chi connectivity index (χ0n) is 17.8. The number of fused-ring (bicyclic) bond motifs is 1. The van der Waals surface area contributed by atoms with Crippen LogP contribution in [0, 0.1) is 0 Å². The molecular weight excluding hydrogens is 428 g/mol. The van der Waals surface area contributed by atoms with E-state index in [1.807, 2.05) is 30.3 Å². The number of hydrogen-bond acceptors (Lipinski definition) is 7. The molecule has 0 aliphatic carbocycles. The highest BCUT2D eigenvalue weighted by atomic mass is 32.2.